The predicted molar refractivity (Wildman–Crippen MR) is 64.0 cm³/mol. The molecule has 0 saturated carbocycles. The summed E-state index contributed by atoms with van der Waals surface area (Å²) in [6.07, 6.45) is 0. The third kappa shape index (κ3) is 2.24. The molecule has 1 aromatic carbocycles. The molecule has 1 saturated heterocycles. The maximum Gasteiger partial charge on any atom is 0.124 e. The van der Waals surface area contributed by atoms with Gasteiger partial charge in [-0.3, -0.25) is 4.90 Å². The van der Waals surface area contributed by atoms with E-state index >= 15 is 0 Å². The third-order valence-electron chi connectivity index (χ3n) is 3.12. The fraction of sp³-hybridized carbons (Fsp3) is 0.462. The number of piperazine rings is 1. The molecule has 1 fully saturated rings. The normalized spacial score (nSPS) is 19.0. The molecule has 1 N–H and O–H groups in total. The third-order valence-corrected chi connectivity index (χ3v) is 3.12. The second kappa shape index (κ2) is 5.11. The van der Waals surface area contributed by atoms with E-state index in [-0.39, 0.29) is 6.04 Å². The van der Waals surface area contributed by atoms with Gasteiger partial charge in [0.1, 0.15) is 6.04 Å². The first-order chi connectivity index (χ1) is 7.83. The topological polar surface area (TPSA) is 39.1 Å². The number of rotatable bonds is 2. The highest BCUT2D eigenvalue weighted by atomic mass is 15.2. The van der Waals surface area contributed by atoms with Crippen LogP contribution in [0.3, 0.4) is 0 Å². The van der Waals surface area contributed by atoms with Gasteiger partial charge in [-0.1, -0.05) is 24.3 Å². The summed E-state index contributed by atoms with van der Waals surface area (Å²) in [7, 11) is 0. The predicted octanol–water partition coefficient (Wildman–Crippen LogP) is 1.46. The minimum absolute atomic E-state index is 0.0942. The van der Waals surface area contributed by atoms with Crippen molar-refractivity contribution in [1.29, 1.82) is 5.26 Å². The van der Waals surface area contributed by atoms with Gasteiger partial charge in [0, 0.05) is 26.2 Å². The fourth-order valence-electron chi connectivity index (χ4n) is 2.18. The van der Waals surface area contributed by atoms with Gasteiger partial charge in [0.2, 0.25) is 0 Å². The van der Waals surface area contributed by atoms with E-state index in [1.54, 1.807) is 0 Å². The molecule has 0 spiro atoms. The number of hydrogen-bond donors (Lipinski definition) is 1. The van der Waals surface area contributed by atoms with E-state index in [4.69, 9.17) is 0 Å². The minimum Gasteiger partial charge on any atom is -0.314 e. The van der Waals surface area contributed by atoms with Gasteiger partial charge in [0.05, 0.1) is 6.07 Å². The molecule has 16 heavy (non-hydrogen) atoms. The summed E-state index contributed by atoms with van der Waals surface area (Å²) in [5.74, 6) is 0. The molecular weight excluding hydrogens is 198 g/mol. The van der Waals surface area contributed by atoms with Crippen molar-refractivity contribution in [2.24, 2.45) is 0 Å². The largest absolute Gasteiger partial charge is 0.314 e. The molecule has 0 aliphatic carbocycles. The van der Waals surface area contributed by atoms with Crippen LogP contribution in [0.5, 0.6) is 0 Å². The van der Waals surface area contributed by atoms with Crippen LogP contribution in [0.1, 0.15) is 17.2 Å². The lowest BCUT2D eigenvalue weighted by molar-refractivity contribution is 0.207. The zero-order chi connectivity index (χ0) is 11.4. The monoisotopic (exact) mass is 215 g/mol. The highest BCUT2D eigenvalue weighted by molar-refractivity contribution is 5.32. The van der Waals surface area contributed by atoms with Crippen LogP contribution < -0.4 is 5.32 Å². The Morgan fingerprint density at radius 2 is 2.00 bits per heavy atom. The van der Waals surface area contributed by atoms with Crippen molar-refractivity contribution in [3.05, 3.63) is 35.4 Å². The Kier molecular flexibility index (Phi) is 3.55. The van der Waals surface area contributed by atoms with Crippen molar-refractivity contribution in [3.8, 4) is 6.07 Å². The fourth-order valence-corrected chi connectivity index (χ4v) is 2.18. The number of benzene rings is 1. The average Bonchev–Trinajstić information content (AvgIpc) is 2.34. The summed E-state index contributed by atoms with van der Waals surface area (Å²) in [5, 5.41) is 12.7. The highest BCUT2D eigenvalue weighted by Gasteiger charge is 2.22. The molecule has 3 nitrogen and oxygen atoms in total. The minimum atomic E-state index is -0.0942. The van der Waals surface area contributed by atoms with E-state index in [0.29, 0.717) is 0 Å². The molecule has 1 aromatic rings. The van der Waals surface area contributed by atoms with Gasteiger partial charge < -0.3 is 5.32 Å². The lowest BCUT2D eigenvalue weighted by atomic mass is 10.0. The number of nitriles is 1. The van der Waals surface area contributed by atoms with Crippen LogP contribution in [0.15, 0.2) is 24.3 Å². The molecule has 0 aromatic heterocycles. The number of nitrogens with zero attached hydrogens (tertiary/aromatic N) is 2. The first-order valence-electron chi connectivity index (χ1n) is 5.73. The van der Waals surface area contributed by atoms with Gasteiger partial charge in [0.25, 0.3) is 0 Å². The maximum atomic E-state index is 9.34. The van der Waals surface area contributed by atoms with Gasteiger partial charge in [-0.15, -0.1) is 0 Å². The van der Waals surface area contributed by atoms with Crippen molar-refractivity contribution in [1.82, 2.24) is 10.2 Å². The summed E-state index contributed by atoms with van der Waals surface area (Å²) in [5.41, 5.74) is 2.35. The van der Waals surface area contributed by atoms with Crippen LogP contribution in [-0.2, 0) is 0 Å². The van der Waals surface area contributed by atoms with Crippen LogP contribution in [0.25, 0.3) is 0 Å². The van der Waals surface area contributed by atoms with E-state index in [0.717, 1.165) is 31.7 Å². The SMILES string of the molecule is Cc1ccccc1C(C#N)N1CCNCC1. The van der Waals surface area contributed by atoms with Gasteiger partial charge in [-0.2, -0.15) is 5.26 Å². The number of hydrogen-bond acceptors (Lipinski definition) is 3. The lowest BCUT2D eigenvalue weighted by Crippen LogP contribution is -2.44. The van der Waals surface area contributed by atoms with E-state index in [2.05, 4.69) is 35.3 Å². The first kappa shape index (κ1) is 11.1. The number of aryl methyl sites for hydroxylation is 1. The van der Waals surface area contributed by atoms with Gasteiger partial charge in [-0.05, 0) is 18.1 Å². The number of nitrogens with one attached hydrogen (secondary N) is 1. The molecule has 0 amide bonds. The Bertz CT molecular complexity index is 388. The van der Waals surface area contributed by atoms with E-state index in [9.17, 15) is 5.26 Å². The second-order valence-electron chi connectivity index (χ2n) is 4.17. The Balaban J connectivity index is 2.22. The summed E-state index contributed by atoms with van der Waals surface area (Å²) < 4.78 is 0. The molecule has 2 rings (SSSR count). The molecule has 0 bridgehead atoms. The van der Waals surface area contributed by atoms with Crippen LogP contribution in [-0.4, -0.2) is 31.1 Å². The zero-order valence-corrected chi connectivity index (χ0v) is 9.61. The van der Waals surface area contributed by atoms with Crippen molar-refractivity contribution < 1.29 is 0 Å². The van der Waals surface area contributed by atoms with Gasteiger partial charge in [-0.25, -0.2) is 0 Å². The van der Waals surface area contributed by atoms with Gasteiger partial charge >= 0.3 is 0 Å². The molecular formula is C13H17N3. The van der Waals surface area contributed by atoms with Crippen molar-refractivity contribution in [3.63, 3.8) is 0 Å². The molecule has 84 valence electrons. The molecule has 3 heteroatoms. The van der Waals surface area contributed by atoms with Crippen molar-refractivity contribution in [2.45, 2.75) is 13.0 Å². The molecule has 1 unspecified atom stereocenters. The molecule has 1 atom stereocenters. The lowest BCUT2D eigenvalue weighted by Gasteiger charge is -2.31. The van der Waals surface area contributed by atoms with E-state index < -0.39 is 0 Å². The standard InChI is InChI=1S/C13H17N3/c1-11-4-2-3-5-12(11)13(10-14)16-8-6-15-7-9-16/h2-5,13,15H,6-9H2,1H3. The Morgan fingerprint density at radius 3 is 2.62 bits per heavy atom. The average molecular weight is 215 g/mol. The molecule has 1 aliphatic rings. The summed E-state index contributed by atoms with van der Waals surface area (Å²) in [6, 6.07) is 10.5. The van der Waals surface area contributed by atoms with E-state index in [1.807, 2.05) is 12.1 Å². The summed E-state index contributed by atoms with van der Waals surface area (Å²) in [6.45, 7) is 5.93. The molecule has 1 heterocycles. The summed E-state index contributed by atoms with van der Waals surface area (Å²) in [4.78, 5) is 2.25. The molecule has 0 radical (unpaired) electrons. The van der Waals surface area contributed by atoms with Crippen LogP contribution >= 0.6 is 0 Å². The Labute approximate surface area is 96.7 Å². The quantitative estimate of drug-likeness (QED) is 0.812. The molecule has 1 aliphatic heterocycles. The van der Waals surface area contributed by atoms with Crippen molar-refractivity contribution >= 4 is 0 Å². The van der Waals surface area contributed by atoms with Crippen LogP contribution in [0, 0.1) is 18.3 Å². The Hall–Kier alpha value is -1.37. The van der Waals surface area contributed by atoms with Crippen LogP contribution in [0.4, 0.5) is 0 Å². The second-order valence-corrected chi connectivity index (χ2v) is 4.17. The zero-order valence-electron chi connectivity index (χ0n) is 9.61. The summed E-state index contributed by atoms with van der Waals surface area (Å²) >= 11 is 0. The van der Waals surface area contributed by atoms with Crippen molar-refractivity contribution in [2.75, 3.05) is 26.2 Å². The van der Waals surface area contributed by atoms with E-state index in [1.165, 1.54) is 5.56 Å². The first-order valence-corrected chi connectivity index (χ1v) is 5.73. The van der Waals surface area contributed by atoms with Gasteiger partial charge in [0.15, 0.2) is 0 Å². The highest BCUT2D eigenvalue weighted by Crippen LogP contribution is 2.23. The smallest absolute Gasteiger partial charge is 0.124 e. The Morgan fingerprint density at radius 1 is 1.31 bits per heavy atom. The maximum absolute atomic E-state index is 9.34. The van der Waals surface area contributed by atoms with Crippen LogP contribution in [0.2, 0.25) is 0 Å².